The normalized spacial score (nSPS) is 11.5. The van der Waals surface area contributed by atoms with Crippen LogP contribution in [0, 0.1) is 13.8 Å². The van der Waals surface area contributed by atoms with Gasteiger partial charge in [-0.25, -0.2) is 8.42 Å². The molecule has 0 amide bonds. The summed E-state index contributed by atoms with van der Waals surface area (Å²) in [6.45, 7) is 8.30. The fourth-order valence-electron chi connectivity index (χ4n) is 2.69. The van der Waals surface area contributed by atoms with E-state index in [0.717, 1.165) is 28.8 Å². The number of aryl methyl sites for hydroxylation is 2. The van der Waals surface area contributed by atoms with E-state index in [9.17, 15) is 8.42 Å². The standard InChI is InChI=1S/C18H23NO2S/c1-5-17-15(4)8-7-9-18(17)19(6-2)22(20,21)16-12-10-14(3)11-13-16/h7-13H,5-6H2,1-4H3. The Morgan fingerprint density at radius 3 is 2.14 bits per heavy atom. The number of rotatable bonds is 5. The minimum absolute atomic E-state index is 0.337. The summed E-state index contributed by atoms with van der Waals surface area (Å²) in [5.41, 5.74) is 4.04. The van der Waals surface area contributed by atoms with Crippen LogP contribution in [0.5, 0.6) is 0 Å². The molecule has 0 aliphatic rings. The van der Waals surface area contributed by atoms with Crippen LogP contribution in [0.3, 0.4) is 0 Å². The van der Waals surface area contributed by atoms with Crippen LogP contribution in [0.4, 0.5) is 5.69 Å². The van der Waals surface area contributed by atoms with Crippen molar-refractivity contribution >= 4 is 15.7 Å². The molecule has 0 aliphatic heterocycles. The third-order valence-corrected chi connectivity index (χ3v) is 5.81. The first-order valence-electron chi connectivity index (χ1n) is 7.59. The van der Waals surface area contributed by atoms with Crippen LogP contribution in [-0.4, -0.2) is 15.0 Å². The van der Waals surface area contributed by atoms with Gasteiger partial charge in [-0.3, -0.25) is 4.31 Å². The van der Waals surface area contributed by atoms with E-state index in [4.69, 9.17) is 0 Å². The predicted molar refractivity (Wildman–Crippen MR) is 91.9 cm³/mol. The molecule has 0 saturated heterocycles. The van der Waals surface area contributed by atoms with Crippen LogP contribution in [0.2, 0.25) is 0 Å². The third kappa shape index (κ3) is 3.02. The van der Waals surface area contributed by atoms with Gasteiger partial charge in [-0.2, -0.15) is 0 Å². The molecule has 0 saturated carbocycles. The molecule has 0 bridgehead atoms. The number of hydrogen-bond acceptors (Lipinski definition) is 2. The smallest absolute Gasteiger partial charge is 0.264 e. The molecule has 0 radical (unpaired) electrons. The maximum atomic E-state index is 13.0. The van der Waals surface area contributed by atoms with Gasteiger partial charge < -0.3 is 0 Å². The molecular formula is C18H23NO2S. The summed E-state index contributed by atoms with van der Waals surface area (Å²) in [6, 6.07) is 12.8. The Kier molecular flexibility index (Phi) is 4.91. The van der Waals surface area contributed by atoms with Crippen molar-refractivity contribution in [3.8, 4) is 0 Å². The highest BCUT2D eigenvalue weighted by Crippen LogP contribution is 2.29. The molecule has 0 spiro atoms. The average molecular weight is 317 g/mol. The second kappa shape index (κ2) is 6.53. The zero-order chi connectivity index (χ0) is 16.3. The van der Waals surface area contributed by atoms with Crippen LogP contribution >= 0.6 is 0 Å². The second-order valence-electron chi connectivity index (χ2n) is 5.41. The predicted octanol–water partition coefficient (Wildman–Crippen LogP) is 4.08. The number of benzene rings is 2. The van der Waals surface area contributed by atoms with Crippen LogP contribution in [-0.2, 0) is 16.4 Å². The third-order valence-electron chi connectivity index (χ3n) is 3.90. The highest BCUT2D eigenvalue weighted by molar-refractivity contribution is 7.92. The summed E-state index contributed by atoms with van der Waals surface area (Å²) in [4.78, 5) is 0.337. The van der Waals surface area contributed by atoms with Crippen molar-refractivity contribution in [2.24, 2.45) is 0 Å². The summed E-state index contributed by atoms with van der Waals surface area (Å²) in [5, 5.41) is 0. The van der Waals surface area contributed by atoms with Gasteiger partial charge in [0, 0.05) is 6.54 Å². The summed E-state index contributed by atoms with van der Waals surface area (Å²) >= 11 is 0. The van der Waals surface area contributed by atoms with E-state index in [-0.39, 0.29) is 0 Å². The Hall–Kier alpha value is -1.81. The molecule has 4 heteroatoms. The quantitative estimate of drug-likeness (QED) is 0.833. The molecule has 22 heavy (non-hydrogen) atoms. The van der Waals surface area contributed by atoms with Gasteiger partial charge in [0.05, 0.1) is 10.6 Å². The monoisotopic (exact) mass is 317 g/mol. The van der Waals surface area contributed by atoms with Gasteiger partial charge in [0.15, 0.2) is 0 Å². The van der Waals surface area contributed by atoms with Crippen molar-refractivity contribution in [1.82, 2.24) is 0 Å². The van der Waals surface area contributed by atoms with Crippen molar-refractivity contribution in [3.63, 3.8) is 0 Å². The van der Waals surface area contributed by atoms with Crippen LogP contribution < -0.4 is 4.31 Å². The summed E-state index contributed by atoms with van der Waals surface area (Å²) in [6.07, 6.45) is 0.807. The first-order valence-corrected chi connectivity index (χ1v) is 9.03. The lowest BCUT2D eigenvalue weighted by atomic mass is 10.0. The molecule has 0 aromatic heterocycles. The minimum atomic E-state index is -3.54. The first kappa shape index (κ1) is 16.6. The second-order valence-corrected chi connectivity index (χ2v) is 7.27. The Morgan fingerprint density at radius 2 is 1.59 bits per heavy atom. The largest absolute Gasteiger partial charge is 0.266 e. The van der Waals surface area contributed by atoms with Crippen molar-refractivity contribution < 1.29 is 8.42 Å². The van der Waals surface area contributed by atoms with Crippen molar-refractivity contribution in [2.45, 2.75) is 39.0 Å². The van der Waals surface area contributed by atoms with Crippen molar-refractivity contribution in [3.05, 3.63) is 59.2 Å². The highest BCUT2D eigenvalue weighted by atomic mass is 32.2. The number of anilines is 1. The average Bonchev–Trinajstić information content (AvgIpc) is 2.48. The van der Waals surface area contributed by atoms with Gasteiger partial charge in [-0.15, -0.1) is 0 Å². The van der Waals surface area contributed by atoms with E-state index < -0.39 is 10.0 Å². The fourth-order valence-corrected chi connectivity index (χ4v) is 4.19. The molecule has 3 nitrogen and oxygen atoms in total. The Bertz CT molecular complexity index is 749. The van der Waals surface area contributed by atoms with Gasteiger partial charge in [0.25, 0.3) is 10.0 Å². The summed E-state index contributed by atoms with van der Waals surface area (Å²) in [5.74, 6) is 0. The van der Waals surface area contributed by atoms with Crippen molar-refractivity contribution in [2.75, 3.05) is 10.8 Å². The molecule has 0 fully saturated rings. The first-order chi connectivity index (χ1) is 10.4. The highest BCUT2D eigenvalue weighted by Gasteiger charge is 2.25. The molecule has 0 aliphatic carbocycles. The molecule has 0 N–H and O–H groups in total. The van der Waals surface area contributed by atoms with E-state index in [1.165, 1.54) is 4.31 Å². The van der Waals surface area contributed by atoms with Crippen LogP contribution in [0.15, 0.2) is 47.4 Å². The van der Waals surface area contributed by atoms with Crippen LogP contribution in [0.1, 0.15) is 30.5 Å². The van der Waals surface area contributed by atoms with E-state index in [0.29, 0.717) is 11.4 Å². The maximum absolute atomic E-state index is 13.0. The molecular weight excluding hydrogens is 294 g/mol. The lowest BCUT2D eigenvalue weighted by Crippen LogP contribution is -2.31. The Labute approximate surface area is 133 Å². The Balaban J connectivity index is 2.57. The van der Waals surface area contributed by atoms with Gasteiger partial charge in [0.1, 0.15) is 0 Å². The molecule has 0 atom stereocenters. The lowest BCUT2D eigenvalue weighted by molar-refractivity contribution is 0.591. The van der Waals surface area contributed by atoms with E-state index >= 15 is 0 Å². The molecule has 118 valence electrons. The van der Waals surface area contributed by atoms with Gasteiger partial charge in [0.2, 0.25) is 0 Å². The SMILES string of the molecule is CCc1c(C)cccc1N(CC)S(=O)(=O)c1ccc(C)cc1. The van der Waals surface area contributed by atoms with Gasteiger partial charge >= 0.3 is 0 Å². The fraction of sp³-hybridized carbons (Fsp3) is 0.333. The van der Waals surface area contributed by atoms with Gasteiger partial charge in [-0.05, 0) is 56.5 Å². The summed E-state index contributed by atoms with van der Waals surface area (Å²) < 4.78 is 27.5. The lowest BCUT2D eigenvalue weighted by Gasteiger charge is -2.26. The number of nitrogens with zero attached hydrogens (tertiary/aromatic N) is 1. The van der Waals surface area contributed by atoms with E-state index in [2.05, 4.69) is 6.92 Å². The van der Waals surface area contributed by atoms with Gasteiger partial charge in [-0.1, -0.05) is 36.8 Å². The van der Waals surface area contributed by atoms with Crippen LogP contribution in [0.25, 0.3) is 0 Å². The zero-order valence-corrected chi connectivity index (χ0v) is 14.4. The van der Waals surface area contributed by atoms with Crippen molar-refractivity contribution in [1.29, 1.82) is 0 Å². The zero-order valence-electron chi connectivity index (χ0n) is 13.6. The minimum Gasteiger partial charge on any atom is -0.266 e. The molecule has 2 rings (SSSR count). The number of sulfonamides is 1. The molecule has 0 heterocycles. The Morgan fingerprint density at radius 1 is 0.955 bits per heavy atom. The maximum Gasteiger partial charge on any atom is 0.264 e. The topological polar surface area (TPSA) is 37.4 Å². The molecule has 2 aromatic carbocycles. The number of hydrogen-bond donors (Lipinski definition) is 0. The summed E-state index contributed by atoms with van der Waals surface area (Å²) in [7, 11) is -3.54. The van der Waals surface area contributed by atoms with E-state index in [1.807, 2.05) is 51.1 Å². The van der Waals surface area contributed by atoms with E-state index in [1.54, 1.807) is 12.1 Å². The molecule has 0 unspecified atom stereocenters. The molecule has 2 aromatic rings.